The highest BCUT2D eigenvalue weighted by atomic mass is 16.2. The Hall–Kier alpha value is -0.770. The second kappa shape index (κ2) is 9.20. The van der Waals surface area contributed by atoms with Crippen LogP contribution in [0.4, 0.5) is 4.79 Å². The molecule has 0 aromatic carbocycles. The number of amides is 2. The van der Waals surface area contributed by atoms with Crippen LogP contribution >= 0.6 is 0 Å². The Morgan fingerprint density at radius 2 is 2.11 bits per heavy atom. The van der Waals surface area contributed by atoms with Crippen molar-refractivity contribution in [1.82, 2.24) is 15.5 Å². The maximum Gasteiger partial charge on any atom is 0.314 e. The molecule has 2 amide bonds. The zero-order chi connectivity index (χ0) is 13.2. The number of unbranched alkanes of at least 4 members (excludes halogenated alkanes) is 2. The molecule has 2 N–H and O–H groups in total. The molecule has 0 radical (unpaired) electrons. The van der Waals surface area contributed by atoms with Crippen LogP contribution in [0, 0.1) is 5.92 Å². The summed E-state index contributed by atoms with van der Waals surface area (Å²) in [6, 6.07) is -0.000255. The summed E-state index contributed by atoms with van der Waals surface area (Å²) in [5, 5.41) is 5.92. The lowest BCUT2D eigenvalue weighted by atomic mass is 9.98. The summed E-state index contributed by atoms with van der Waals surface area (Å²) in [6.07, 6.45) is 5.97. The van der Waals surface area contributed by atoms with E-state index < -0.39 is 0 Å². The minimum atomic E-state index is -0.000255. The highest BCUT2D eigenvalue weighted by Crippen LogP contribution is 2.14. The van der Waals surface area contributed by atoms with Crippen LogP contribution in [0.25, 0.3) is 0 Å². The fourth-order valence-corrected chi connectivity index (χ4v) is 2.48. The first kappa shape index (κ1) is 15.3. The normalized spacial score (nSPS) is 20.7. The molecule has 1 aliphatic heterocycles. The summed E-state index contributed by atoms with van der Waals surface area (Å²) in [6.45, 7) is 9.46. The summed E-state index contributed by atoms with van der Waals surface area (Å²) >= 11 is 0. The molecule has 1 heterocycles. The zero-order valence-electron chi connectivity index (χ0n) is 12.0. The van der Waals surface area contributed by atoms with Crippen molar-refractivity contribution in [3.8, 4) is 0 Å². The first-order valence-corrected chi connectivity index (χ1v) is 7.50. The van der Waals surface area contributed by atoms with E-state index in [4.69, 9.17) is 0 Å². The molecule has 4 heteroatoms. The Bertz CT molecular complexity index is 233. The number of rotatable bonds is 7. The van der Waals surface area contributed by atoms with Gasteiger partial charge in [0.15, 0.2) is 0 Å². The Morgan fingerprint density at radius 3 is 2.83 bits per heavy atom. The molecule has 1 aliphatic rings. The van der Waals surface area contributed by atoms with Gasteiger partial charge in [0, 0.05) is 19.6 Å². The SMILES string of the molecule is CCCCCNC(=O)NCC1CCCN(CC)C1. The van der Waals surface area contributed by atoms with Crippen LogP contribution in [0.3, 0.4) is 0 Å². The zero-order valence-corrected chi connectivity index (χ0v) is 12.0. The Labute approximate surface area is 111 Å². The van der Waals surface area contributed by atoms with E-state index in [2.05, 4.69) is 29.4 Å². The topological polar surface area (TPSA) is 44.4 Å². The summed E-state index contributed by atoms with van der Waals surface area (Å²) in [4.78, 5) is 14.0. The lowest BCUT2D eigenvalue weighted by Crippen LogP contribution is -2.43. The molecule has 1 saturated heterocycles. The van der Waals surface area contributed by atoms with Gasteiger partial charge in [-0.1, -0.05) is 26.7 Å². The number of carbonyl (C=O) groups is 1. The average molecular weight is 255 g/mol. The number of hydrogen-bond acceptors (Lipinski definition) is 2. The molecule has 1 atom stereocenters. The molecule has 0 aromatic heterocycles. The number of likely N-dealkylation sites (tertiary alicyclic amines) is 1. The number of nitrogens with zero attached hydrogens (tertiary/aromatic N) is 1. The van der Waals surface area contributed by atoms with Crippen LogP contribution in [-0.4, -0.2) is 43.7 Å². The molecule has 0 saturated carbocycles. The molecule has 0 aromatic rings. The van der Waals surface area contributed by atoms with Crippen molar-refractivity contribution < 1.29 is 4.79 Å². The molecule has 1 rings (SSSR count). The van der Waals surface area contributed by atoms with E-state index in [9.17, 15) is 4.79 Å². The third-order valence-corrected chi connectivity index (χ3v) is 3.67. The van der Waals surface area contributed by atoms with Crippen LogP contribution in [0.2, 0.25) is 0 Å². The van der Waals surface area contributed by atoms with Gasteiger partial charge in [0.25, 0.3) is 0 Å². The van der Waals surface area contributed by atoms with Gasteiger partial charge in [-0.25, -0.2) is 4.79 Å². The van der Waals surface area contributed by atoms with Gasteiger partial charge >= 0.3 is 6.03 Å². The number of piperidine rings is 1. The predicted octanol–water partition coefficient (Wildman–Crippen LogP) is 2.21. The maximum absolute atomic E-state index is 11.6. The molecule has 0 spiro atoms. The number of urea groups is 1. The van der Waals surface area contributed by atoms with Gasteiger partial charge in [0.2, 0.25) is 0 Å². The first-order chi connectivity index (χ1) is 8.76. The Kier molecular flexibility index (Phi) is 7.81. The molecular formula is C14H29N3O. The first-order valence-electron chi connectivity index (χ1n) is 7.50. The molecule has 106 valence electrons. The minimum absolute atomic E-state index is 0.000255. The van der Waals surface area contributed by atoms with Crippen molar-refractivity contribution in [3.05, 3.63) is 0 Å². The maximum atomic E-state index is 11.6. The summed E-state index contributed by atoms with van der Waals surface area (Å²) < 4.78 is 0. The van der Waals surface area contributed by atoms with Crippen LogP contribution in [0.5, 0.6) is 0 Å². The lowest BCUT2D eigenvalue weighted by molar-refractivity contribution is 0.179. The van der Waals surface area contributed by atoms with Gasteiger partial charge in [-0.2, -0.15) is 0 Å². The minimum Gasteiger partial charge on any atom is -0.338 e. The van der Waals surface area contributed by atoms with Crippen molar-refractivity contribution in [2.75, 3.05) is 32.7 Å². The van der Waals surface area contributed by atoms with Crippen LogP contribution in [-0.2, 0) is 0 Å². The molecular weight excluding hydrogens is 226 g/mol. The third-order valence-electron chi connectivity index (χ3n) is 3.67. The molecule has 1 fully saturated rings. The van der Waals surface area contributed by atoms with E-state index >= 15 is 0 Å². The fraction of sp³-hybridized carbons (Fsp3) is 0.929. The average Bonchev–Trinajstić information content (AvgIpc) is 2.41. The van der Waals surface area contributed by atoms with Gasteiger partial charge < -0.3 is 15.5 Å². The molecule has 0 bridgehead atoms. The summed E-state index contributed by atoms with van der Waals surface area (Å²) in [7, 11) is 0. The Morgan fingerprint density at radius 1 is 1.28 bits per heavy atom. The van der Waals surface area contributed by atoms with Crippen molar-refractivity contribution in [2.45, 2.75) is 46.0 Å². The standard InChI is InChI=1S/C14H29N3O/c1-3-5-6-9-15-14(18)16-11-13-8-7-10-17(4-2)12-13/h13H,3-12H2,1-2H3,(H2,15,16,18). The van der Waals surface area contributed by atoms with Gasteiger partial charge in [-0.05, 0) is 38.3 Å². The van der Waals surface area contributed by atoms with Gasteiger partial charge in [0.1, 0.15) is 0 Å². The number of carbonyl (C=O) groups excluding carboxylic acids is 1. The highest BCUT2D eigenvalue weighted by Gasteiger charge is 2.18. The van der Waals surface area contributed by atoms with Crippen LogP contribution < -0.4 is 10.6 Å². The van der Waals surface area contributed by atoms with Gasteiger partial charge in [-0.15, -0.1) is 0 Å². The lowest BCUT2D eigenvalue weighted by Gasteiger charge is -2.31. The van der Waals surface area contributed by atoms with E-state index in [1.165, 1.54) is 32.2 Å². The molecule has 1 unspecified atom stereocenters. The van der Waals surface area contributed by atoms with E-state index in [1.54, 1.807) is 0 Å². The smallest absolute Gasteiger partial charge is 0.314 e. The van der Waals surface area contributed by atoms with Gasteiger partial charge in [0.05, 0.1) is 0 Å². The van der Waals surface area contributed by atoms with Crippen molar-refractivity contribution >= 4 is 6.03 Å². The Balaban J connectivity index is 2.06. The fourth-order valence-electron chi connectivity index (χ4n) is 2.48. The third kappa shape index (κ3) is 6.24. The number of hydrogen-bond donors (Lipinski definition) is 2. The summed E-state index contributed by atoms with van der Waals surface area (Å²) in [5.74, 6) is 0.625. The van der Waals surface area contributed by atoms with Crippen molar-refractivity contribution in [3.63, 3.8) is 0 Å². The largest absolute Gasteiger partial charge is 0.338 e. The van der Waals surface area contributed by atoms with E-state index in [-0.39, 0.29) is 6.03 Å². The van der Waals surface area contributed by atoms with E-state index in [0.717, 1.165) is 32.6 Å². The molecule has 0 aliphatic carbocycles. The number of nitrogens with one attached hydrogen (secondary N) is 2. The predicted molar refractivity (Wildman–Crippen MR) is 75.8 cm³/mol. The summed E-state index contributed by atoms with van der Waals surface area (Å²) in [5.41, 5.74) is 0. The molecule has 18 heavy (non-hydrogen) atoms. The van der Waals surface area contributed by atoms with Crippen molar-refractivity contribution in [2.24, 2.45) is 5.92 Å². The second-order valence-electron chi connectivity index (χ2n) is 5.25. The second-order valence-corrected chi connectivity index (χ2v) is 5.25. The van der Waals surface area contributed by atoms with Crippen LogP contribution in [0.1, 0.15) is 46.0 Å². The highest BCUT2D eigenvalue weighted by molar-refractivity contribution is 5.73. The van der Waals surface area contributed by atoms with E-state index in [1.807, 2.05) is 0 Å². The van der Waals surface area contributed by atoms with Crippen LogP contribution in [0.15, 0.2) is 0 Å². The van der Waals surface area contributed by atoms with Gasteiger partial charge in [-0.3, -0.25) is 0 Å². The quantitative estimate of drug-likeness (QED) is 0.685. The van der Waals surface area contributed by atoms with E-state index in [0.29, 0.717) is 5.92 Å². The molecule has 4 nitrogen and oxygen atoms in total. The van der Waals surface area contributed by atoms with Crippen molar-refractivity contribution in [1.29, 1.82) is 0 Å². The monoisotopic (exact) mass is 255 g/mol.